The Morgan fingerprint density at radius 3 is 2.83 bits per heavy atom. The monoisotopic (exact) mass is 304 g/mol. The first-order chi connectivity index (χ1) is 11.1. The van der Waals surface area contributed by atoms with E-state index in [1.807, 2.05) is 37.4 Å². The number of ketones is 1. The lowest BCUT2D eigenvalue weighted by Crippen LogP contribution is -2.27. The molecule has 1 aliphatic rings. The fraction of sp³-hybridized carbons (Fsp3) is 0.158. The fourth-order valence-corrected chi connectivity index (χ4v) is 2.40. The minimum atomic E-state index is -1.37. The van der Waals surface area contributed by atoms with Crippen LogP contribution in [-0.4, -0.2) is 26.0 Å². The molecule has 0 fully saturated rings. The minimum Gasteiger partial charge on any atom is -0.380 e. The highest BCUT2D eigenvalue weighted by Gasteiger charge is 2.36. The number of carbonyl (C=O) groups is 1. The Labute approximate surface area is 134 Å². The van der Waals surface area contributed by atoms with Gasteiger partial charge in [0.2, 0.25) is 0 Å². The molecule has 1 N–H and O–H groups in total. The molecule has 0 bridgehead atoms. The Hall–Kier alpha value is -2.90. The lowest BCUT2D eigenvalue weighted by atomic mass is 9.92. The van der Waals surface area contributed by atoms with Crippen LogP contribution in [0.1, 0.15) is 17.8 Å². The first-order valence-electron chi connectivity index (χ1n) is 7.28. The summed E-state index contributed by atoms with van der Waals surface area (Å²) in [4.78, 5) is 16.2. The highest BCUT2D eigenvalue weighted by molar-refractivity contribution is 6.11. The van der Waals surface area contributed by atoms with Crippen molar-refractivity contribution >= 4 is 11.9 Å². The summed E-state index contributed by atoms with van der Waals surface area (Å²) < 4.78 is 1.79. The number of hydrogen-bond donors (Lipinski definition) is 1. The van der Waals surface area contributed by atoms with Crippen LogP contribution in [0.2, 0.25) is 0 Å². The molecule has 114 valence electrons. The number of rotatable bonds is 2. The number of benzene rings is 1. The summed E-state index contributed by atoms with van der Waals surface area (Å²) >= 11 is 0. The molecular weight excluding hydrogens is 288 g/mol. The summed E-state index contributed by atoms with van der Waals surface area (Å²) in [6, 6.07) is 9.54. The van der Waals surface area contributed by atoms with Gasteiger partial charge in [0.15, 0.2) is 5.78 Å². The summed E-state index contributed by atoms with van der Waals surface area (Å²) in [5, 5.41) is 10.8. The number of aryl methyl sites for hydroxylation is 1. The molecule has 1 aliphatic carbocycles. The molecule has 1 aromatic heterocycles. The van der Waals surface area contributed by atoms with Crippen molar-refractivity contribution in [1.82, 2.24) is 9.55 Å². The maximum Gasteiger partial charge on any atom is 0.185 e. The number of nitrogens with zero attached hydrogens (tertiary/aromatic N) is 2. The molecule has 2 aromatic rings. The van der Waals surface area contributed by atoms with Crippen LogP contribution in [0.4, 0.5) is 0 Å². The summed E-state index contributed by atoms with van der Waals surface area (Å²) in [6.07, 6.45) is 8.09. The van der Waals surface area contributed by atoms with E-state index in [4.69, 9.17) is 0 Å². The SMILES string of the molecule is Cn1ccnc1/C=C1/C(=O)C=CC1(O)CC#Cc1ccccc1. The fourth-order valence-electron chi connectivity index (χ4n) is 2.40. The Kier molecular flexibility index (Phi) is 3.96. The molecular formula is C19H16N2O2. The van der Waals surface area contributed by atoms with Gasteiger partial charge in [-0.25, -0.2) is 4.98 Å². The smallest absolute Gasteiger partial charge is 0.185 e. The molecule has 1 atom stereocenters. The lowest BCUT2D eigenvalue weighted by Gasteiger charge is -2.19. The van der Waals surface area contributed by atoms with Crippen molar-refractivity contribution in [2.45, 2.75) is 12.0 Å². The zero-order valence-electron chi connectivity index (χ0n) is 12.7. The lowest BCUT2D eigenvalue weighted by molar-refractivity contribution is -0.111. The Balaban J connectivity index is 1.86. The van der Waals surface area contributed by atoms with Crippen molar-refractivity contribution < 1.29 is 9.90 Å². The van der Waals surface area contributed by atoms with Gasteiger partial charge in [-0.3, -0.25) is 4.79 Å². The second kappa shape index (κ2) is 6.07. The average molecular weight is 304 g/mol. The molecule has 23 heavy (non-hydrogen) atoms. The van der Waals surface area contributed by atoms with Gasteiger partial charge >= 0.3 is 0 Å². The number of aliphatic hydroxyl groups is 1. The topological polar surface area (TPSA) is 55.1 Å². The summed E-state index contributed by atoms with van der Waals surface area (Å²) in [6.45, 7) is 0. The van der Waals surface area contributed by atoms with Gasteiger partial charge in [-0.05, 0) is 30.4 Å². The quantitative estimate of drug-likeness (QED) is 0.683. The van der Waals surface area contributed by atoms with Gasteiger partial charge in [0.25, 0.3) is 0 Å². The van der Waals surface area contributed by atoms with Crippen LogP contribution in [0, 0.1) is 11.8 Å². The molecule has 0 aliphatic heterocycles. The number of hydrogen-bond acceptors (Lipinski definition) is 3. The predicted molar refractivity (Wildman–Crippen MR) is 88.2 cm³/mol. The van der Waals surface area contributed by atoms with Crippen molar-refractivity contribution in [3.63, 3.8) is 0 Å². The second-order valence-corrected chi connectivity index (χ2v) is 5.42. The Bertz CT molecular complexity index is 850. The van der Waals surface area contributed by atoms with Crippen molar-refractivity contribution in [3.05, 3.63) is 71.8 Å². The van der Waals surface area contributed by atoms with Crippen LogP contribution in [0.5, 0.6) is 0 Å². The minimum absolute atomic E-state index is 0.153. The molecule has 0 saturated heterocycles. The number of imidazole rings is 1. The van der Waals surface area contributed by atoms with E-state index in [1.165, 1.54) is 12.2 Å². The third-order valence-electron chi connectivity index (χ3n) is 3.74. The van der Waals surface area contributed by atoms with E-state index in [0.717, 1.165) is 5.56 Å². The van der Waals surface area contributed by atoms with Gasteiger partial charge in [0.1, 0.15) is 11.4 Å². The normalized spacial score (nSPS) is 21.5. The number of carbonyl (C=O) groups excluding carboxylic acids is 1. The second-order valence-electron chi connectivity index (χ2n) is 5.42. The third-order valence-corrected chi connectivity index (χ3v) is 3.74. The molecule has 1 aromatic carbocycles. The van der Waals surface area contributed by atoms with Crippen molar-refractivity contribution in [1.29, 1.82) is 0 Å². The standard InChI is InChI=1S/C19H16N2O2/c1-21-13-12-20-18(21)14-16-17(22)9-11-19(16,23)10-5-8-15-6-3-2-4-7-15/h2-4,6-7,9,11-14,23H,10H2,1H3/b16-14-. The molecule has 0 saturated carbocycles. The van der Waals surface area contributed by atoms with Gasteiger partial charge in [-0.1, -0.05) is 30.0 Å². The maximum absolute atomic E-state index is 12.1. The third kappa shape index (κ3) is 3.15. The molecule has 4 nitrogen and oxygen atoms in total. The zero-order chi connectivity index (χ0) is 16.3. The van der Waals surface area contributed by atoms with E-state index in [1.54, 1.807) is 23.0 Å². The Morgan fingerprint density at radius 1 is 1.35 bits per heavy atom. The van der Waals surface area contributed by atoms with E-state index in [2.05, 4.69) is 16.8 Å². The Morgan fingerprint density at radius 2 is 2.13 bits per heavy atom. The number of aromatic nitrogens is 2. The van der Waals surface area contributed by atoms with E-state index in [-0.39, 0.29) is 12.2 Å². The largest absolute Gasteiger partial charge is 0.380 e. The van der Waals surface area contributed by atoms with Gasteiger partial charge in [0, 0.05) is 37.0 Å². The summed E-state index contributed by atoms with van der Waals surface area (Å²) in [5.74, 6) is 6.36. The first-order valence-corrected chi connectivity index (χ1v) is 7.28. The van der Waals surface area contributed by atoms with Crippen LogP contribution in [0.3, 0.4) is 0 Å². The van der Waals surface area contributed by atoms with Crippen molar-refractivity contribution in [2.75, 3.05) is 0 Å². The van der Waals surface area contributed by atoms with Crippen LogP contribution >= 0.6 is 0 Å². The predicted octanol–water partition coefficient (Wildman–Crippen LogP) is 2.12. The number of allylic oxidation sites excluding steroid dienone is 1. The van der Waals surface area contributed by atoms with Gasteiger partial charge in [-0.2, -0.15) is 0 Å². The average Bonchev–Trinajstić information content (AvgIpc) is 3.07. The van der Waals surface area contributed by atoms with E-state index in [9.17, 15) is 9.90 Å². The van der Waals surface area contributed by atoms with E-state index >= 15 is 0 Å². The van der Waals surface area contributed by atoms with Crippen LogP contribution < -0.4 is 0 Å². The molecule has 1 heterocycles. The van der Waals surface area contributed by atoms with Gasteiger partial charge in [0.05, 0.1) is 0 Å². The molecule has 1 unspecified atom stereocenters. The van der Waals surface area contributed by atoms with E-state index < -0.39 is 5.60 Å². The van der Waals surface area contributed by atoms with Gasteiger partial charge < -0.3 is 9.67 Å². The molecule has 4 heteroatoms. The molecule has 0 spiro atoms. The van der Waals surface area contributed by atoms with Gasteiger partial charge in [-0.15, -0.1) is 0 Å². The maximum atomic E-state index is 12.1. The highest BCUT2D eigenvalue weighted by atomic mass is 16.3. The van der Waals surface area contributed by atoms with Crippen LogP contribution in [0.15, 0.2) is 60.5 Å². The first kappa shape index (κ1) is 15.0. The highest BCUT2D eigenvalue weighted by Crippen LogP contribution is 2.30. The molecule has 0 amide bonds. The molecule has 3 rings (SSSR count). The summed E-state index contributed by atoms with van der Waals surface area (Å²) in [7, 11) is 1.83. The van der Waals surface area contributed by atoms with E-state index in [0.29, 0.717) is 11.4 Å². The van der Waals surface area contributed by atoms with Crippen molar-refractivity contribution in [2.24, 2.45) is 7.05 Å². The van der Waals surface area contributed by atoms with Crippen LogP contribution in [0.25, 0.3) is 6.08 Å². The molecule has 0 radical (unpaired) electrons. The zero-order valence-corrected chi connectivity index (χ0v) is 12.7. The summed E-state index contributed by atoms with van der Waals surface area (Å²) in [5.41, 5.74) is -0.196. The van der Waals surface area contributed by atoms with Crippen LogP contribution in [-0.2, 0) is 11.8 Å². The van der Waals surface area contributed by atoms with Crippen molar-refractivity contribution in [3.8, 4) is 11.8 Å².